The minimum absolute atomic E-state index is 0.0862. The van der Waals surface area contributed by atoms with Crippen molar-refractivity contribution in [3.8, 4) is 0 Å². The highest BCUT2D eigenvalue weighted by Gasteiger charge is 2.19. The molecule has 0 radical (unpaired) electrons. The molecule has 0 bridgehead atoms. The summed E-state index contributed by atoms with van der Waals surface area (Å²) in [6.45, 7) is 4.82. The fourth-order valence-corrected chi connectivity index (χ4v) is 4.40. The lowest BCUT2D eigenvalue weighted by atomic mass is 10.2. The Balaban J connectivity index is 1.67. The van der Waals surface area contributed by atoms with Gasteiger partial charge in [-0.05, 0) is 37.1 Å². The number of hydrogen-bond donors (Lipinski definition) is 1. The van der Waals surface area contributed by atoms with Gasteiger partial charge in [0.25, 0.3) is 11.8 Å². The second kappa shape index (κ2) is 12.5. The summed E-state index contributed by atoms with van der Waals surface area (Å²) < 4.78 is 7.05. The fourth-order valence-electron chi connectivity index (χ4n) is 3.41. The third kappa shape index (κ3) is 6.90. The van der Waals surface area contributed by atoms with E-state index in [1.54, 1.807) is 24.6 Å². The highest BCUT2D eigenvalue weighted by molar-refractivity contribution is 7.09. The molecule has 176 valence electrons. The number of rotatable bonds is 12. The smallest absolute Gasteiger partial charge is 0.270 e. The lowest BCUT2D eigenvalue weighted by molar-refractivity contribution is 0.0739. The van der Waals surface area contributed by atoms with E-state index in [0.717, 1.165) is 23.5 Å². The van der Waals surface area contributed by atoms with Crippen molar-refractivity contribution in [2.45, 2.75) is 32.9 Å². The third-order valence-electron chi connectivity index (χ3n) is 5.06. The van der Waals surface area contributed by atoms with Crippen molar-refractivity contribution in [3.05, 3.63) is 75.0 Å². The number of benzene rings is 1. The number of nitrogens with zero attached hydrogens (tertiary/aromatic N) is 3. The Bertz CT molecular complexity index is 1070. The Morgan fingerprint density at radius 3 is 2.82 bits per heavy atom. The average molecular weight is 489 g/mol. The average Bonchev–Trinajstić information content (AvgIpc) is 3.46. The molecule has 33 heavy (non-hydrogen) atoms. The van der Waals surface area contributed by atoms with Gasteiger partial charge in [-0.1, -0.05) is 30.7 Å². The van der Waals surface area contributed by atoms with Crippen LogP contribution in [0.5, 0.6) is 0 Å². The molecule has 3 aromatic rings. The first-order chi connectivity index (χ1) is 16.0. The predicted molar refractivity (Wildman–Crippen MR) is 131 cm³/mol. The summed E-state index contributed by atoms with van der Waals surface area (Å²) in [5, 5.41) is 5.91. The van der Waals surface area contributed by atoms with Crippen LogP contribution in [-0.2, 0) is 17.8 Å². The van der Waals surface area contributed by atoms with Gasteiger partial charge in [-0.3, -0.25) is 9.59 Å². The van der Waals surface area contributed by atoms with Gasteiger partial charge in [0.15, 0.2) is 0 Å². The first-order valence-corrected chi connectivity index (χ1v) is 12.2. The van der Waals surface area contributed by atoms with Gasteiger partial charge in [0.2, 0.25) is 0 Å². The van der Waals surface area contributed by atoms with Crippen molar-refractivity contribution in [1.29, 1.82) is 0 Å². The molecule has 2 amide bonds. The van der Waals surface area contributed by atoms with Crippen molar-refractivity contribution < 1.29 is 14.3 Å². The summed E-state index contributed by atoms with van der Waals surface area (Å²) in [7, 11) is 1.64. The van der Waals surface area contributed by atoms with E-state index in [1.165, 1.54) is 11.3 Å². The largest absolute Gasteiger partial charge is 0.385 e. The Morgan fingerprint density at radius 1 is 1.24 bits per heavy atom. The SMILES string of the molecule is CCCN(Cc1cccn1Cc1nc(C(=O)NCCCOC)cs1)C(=O)c1ccccc1Cl. The molecule has 1 aromatic carbocycles. The molecule has 1 N–H and O–H groups in total. The number of carbonyl (C=O) groups is 2. The van der Waals surface area contributed by atoms with Crippen molar-refractivity contribution in [2.75, 3.05) is 26.8 Å². The van der Waals surface area contributed by atoms with Gasteiger partial charge < -0.3 is 19.5 Å². The Kier molecular flexibility index (Phi) is 9.47. The maximum Gasteiger partial charge on any atom is 0.270 e. The molecular formula is C24H29ClN4O3S. The van der Waals surface area contributed by atoms with Crippen LogP contribution < -0.4 is 5.32 Å². The fraction of sp³-hybridized carbons (Fsp3) is 0.375. The Labute approximate surface area is 203 Å². The van der Waals surface area contributed by atoms with E-state index in [0.29, 0.717) is 49.1 Å². The van der Waals surface area contributed by atoms with Crippen LogP contribution in [0.15, 0.2) is 48.0 Å². The molecule has 0 saturated heterocycles. The van der Waals surface area contributed by atoms with Gasteiger partial charge in [-0.15, -0.1) is 11.3 Å². The molecule has 0 atom stereocenters. The molecule has 0 aliphatic carbocycles. The number of halogens is 1. The van der Waals surface area contributed by atoms with Crippen molar-refractivity contribution in [1.82, 2.24) is 19.8 Å². The third-order valence-corrected chi connectivity index (χ3v) is 6.23. The maximum absolute atomic E-state index is 13.1. The van der Waals surface area contributed by atoms with Gasteiger partial charge in [-0.2, -0.15) is 0 Å². The number of amides is 2. The first kappa shape index (κ1) is 25.0. The zero-order valence-electron chi connectivity index (χ0n) is 18.9. The van der Waals surface area contributed by atoms with Crippen LogP contribution in [0.2, 0.25) is 5.02 Å². The number of ether oxygens (including phenoxy) is 1. The number of thiazole rings is 1. The lowest BCUT2D eigenvalue weighted by Gasteiger charge is -2.23. The quantitative estimate of drug-likeness (QED) is 0.382. The minimum Gasteiger partial charge on any atom is -0.385 e. The number of nitrogens with one attached hydrogen (secondary N) is 1. The van der Waals surface area contributed by atoms with E-state index < -0.39 is 0 Å². The van der Waals surface area contributed by atoms with Crippen LogP contribution in [-0.4, -0.2) is 53.1 Å². The summed E-state index contributed by atoms with van der Waals surface area (Å²) in [6, 6.07) is 11.1. The zero-order chi connectivity index (χ0) is 23.6. The summed E-state index contributed by atoms with van der Waals surface area (Å²) in [4.78, 5) is 31.7. The summed E-state index contributed by atoms with van der Waals surface area (Å²) >= 11 is 7.71. The zero-order valence-corrected chi connectivity index (χ0v) is 20.5. The number of carbonyl (C=O) groups excluding carboxylic acids is 2. The molecular weight excluding hydrogens is 460 g/mol. The molecule has 2 heterocycles. The standard InChI is InChI=1S/C24H29ClN4O3S/c1-3-12-29(24(31)19-9-4-5-10-20(19)25)15-18-8-6-13-28(18)16-22-27-21(17-33-22)23(30)26-11-7-14-32-2/h4-6,8-10,13,17H,3,7,11-12,14-16H2,1-2H3,(H,26,30). The molecule has 2 aromatic heterocycles. The lowest BCUT2D eigenvalue weighted by Crippen LogP contribution is -2.32. The molecule has 0 aliphatic heterocycles. The monoisotopic (exact) mass is 488 g/mol. The topological polar surface area (TPSA) is 76.5 Å². The summed E-state index contributed by atoms with van der Waals surface area (Å²) in [6.07, 6.45) is 3.56. The van der Waals surface area contributed by atoms with Crippen LogP contribution >= 0.6 is 22.9 Å². The Hall–Kier alpha value is -2.68. The number of aromatic nitrogens is 2. The van der Waals surface area contributed by atoms with Crippen molar-refractivity contribution in [3.63, 3.8) is 0 Å². The van der Waals surface area contributed by atoms with E-state index in [4.69, 9.17) is 16.3 Å². The highest BCUT2D eigenvalue weighted by atomic mass is 35.5. The van der Waals surface area contributed by atoms with E-state index >= 15 is 0 Å². The molecule has 0 spiro atoms. The van der Waals surface area contributed by atoms with Crippen LogP contribution in [0.25, 0.3) is 0 Å². The van der Waals surface area contributed by atoms with Gasteiger partial charge in [-0.25, -0.2) is 4.98 Å². The van der Waals surface area contributed by atoms with E-state index in [1.807, 2.05) is 42.3 Å². The molecule has 7 nitrogen and oxygen atoms in total. The van der Waals surface area contributed by atoms with Crippen LogP contribution in [0.1, 0.15) is 51.3 Å². The van der Waals surface area contributed by atoms with Crippen molar-refractivity contribution in [2.24, 2.45) is 0 Å². The minimum atomic E-state index is -0.180. The molecule has 0 aliphatic rings. The number of methoxy groups -OCH3 is 1. The van der Waals surface area contributed by atoms with Crippen molar-refractivity contribution >= 4 is 34.8 Å². The van der Waals surface area contributed by atoms with E-state index in [2.05, 4.69) is 14.9 Å². The van der Waals surface area contributed by atoms with Crippen LogP contribution in [0.4, 0.5) is 0 Å². The summed E-state index contributed by atoms with van der Waals surface area (Å²) in [5.74, 6) is -0.266. The van der Waals surface area contributed by atoms with Gasteiger partial charge in [0.05, 0.1) is 23.7 Å². The van der Waals surface area contributed by atoms with E-state index in [9.17, 15) is 9.59 Å². The normalized spacial score (nSPS) is 10.9. The molecule has 0 saturated carbocycles. The van der Waals surface area contributed by atoms with Gasteiger partial charge in [0, 0.05) is 44.1 Å². The van der Waals surface area contributed by atoms with E-state index in [-0.39, 0.29) is 11.8 Å². The first-order valence-electron chi connectivity index (χ1n) is 10.9. The molecule has 3 rings (SSSR count). The van der Waals surface area contributed by atoms with Crippen LogP contribution in [0, 0.1) is 0 Å². The molecule has 9 heteroatoms. The molecule has 0 unspecified atom stereocenters. The van der Waals surface area contributed by atoms with Crippen LogP contribution in [0.3, 0.4) is 0 Å². The predicted octanol–water partition coefficient (Wildman–Crippen LogP) is 4.47. The van der Waals surface area contributed by atoms with Gasteiger partial charge in [0.1, 0.15) is 10.7 Å². The molecule has 0 fully saturated rings. The maximum atomic E-state index is 13.1. The highest BCUT2D eigenvalue weighted by Crippen LogP contribution is 2.20. The second-order valence-electron chi connectivity index (χ2n) is 7.56. The van der Waals surface area contributed by atoms with Gasteiger partial charge >= 0.3 is 0 Å². The summed E-state index contributed by atoms with van der Waals surface area (Å²) in [5.41, 5.74) is 1.92. The Morgan fingerprint density at radius 2 is 2.06 bits per heavy atom. The number of hydrogen-bond acceptors (Lipinski definition) is 5. The second-order valence-corrected chi connectivity index (χ2v) is 8.91.